The third-order valence-electron chi connectivity index (χ3n) is 3.75. The van der Waals surface area contributed by atoms with Crippen molar-refractivity contribution in [3.05, 3.63) is 30.1 Å². The van der Waals surface area contributed by atoms with Gasteiger partial charge in [0.25, 0.3) is 0 Å². The molecular weight excluding hydrogens is 327 g/mol. The molecule has 2 heterocycles. The summed E-state index contributed by atoms with van der Waals surface area (Å²) in [5, 5.41) is 4.44. The Hall–Kier alpha value is -1.19. The van der Waals surface area contributed by atoms with Gasteiger partial charge in [-0.2, -0.15) is 0 Å². The maximum absolute atomic E-state index is 4.44. The van der Waals surface area contributed by atoms with Gasteiger partial charge in [-0.3, -0.25) is 0 Å². The van der Waals surface area contributed by atoms with Crippen molar-refractivity contribution in [2.75, 3.05) is 13.1 Å². The SMILES string of the molecule is CC(=NNC(=[Se])N1CCCCCCCC1)c1ccccn1. The van der Waals surface area contributed by atoms with Gasteiger partial charge in [0, 0.05) is 0 Å². The van der Waals surface area contributed by atoms with Crippen LogP contribution < -0.4 is 5.43 Å². The third-order valence-corrected chi connectivity index (χ3v) is 4.48. The molecule has 0 amide bonds. The first-order valence-corrected chi connectivity index (χ1v) is 8.63. The monoisotopic (exact) mass is 352 g/mol. The van der Waals surface area contributed by atoms with Crippen LogP contribution in [0.2, 0.25) is 0 Å². The molecule has 2 rings (SSSR count). The van der Waals surface area contributed by atoms with E-state index in [-0.39, 0.29) is 0 Å². The van der Waals surface area contributed by atoms with Crippen molar-refractivity contribution >= 4 is 26.0 Å². The molecule has 0 bridgehead atoms. The van der Waals surface area contributed by atoms with Gasteiger partial charge in [0.2, 0.25) is 0 Å². The topological polar surface area (TPSA) is 40.5 Å². The van der Waals surface area contributed by atoms with Crippen molar-refractivity contribution in [1.82, 2.24) is 15.3 Å². The van der Waals surface area contributed by atoms with E-state index >= 15 is 0 Å². The molecule has 0 atom stereocenters. The van der Waals surface area contributed by atoms with E-state index < -0.39 is 0 Å². The number of nitrogens with one attached hydrogen (secondary N) is 1. The average Bonchev–Trinajstić information content (AvgIpc) is 2.67. The van der Waals surface area contributed by atoms with Crippen LogP contribution in [0, 0.1) is 0 Å². The summed E-state index contributed by atoms with van der Waals surface area (Å²) in [6, 6.07) is 5.87. The first-order chi connectivity index (χ1) is 10.3. The van der Waals surface area contributed by atoms with Gasteiger partial charge in [0.05, 0.1) is 0 Å². The van der Waals surface area contributed by atoms with Crippen molar-refractivity contribution in [2.45, 2.75) is 45.4 Å². The van der Waals surface area contributed by atoms with E-state index in [0.29, 0.717) is 0 Å². The number of hydrogen-bond acceptors (Lipinski definition) is 4. The van der Waals surface area contributed by atoms with Crippen LogP contribution in [0.1, 0.15) is 51.1 Å². The number of aromatic nitrogens is 1. The number of hydrogen-bond donors (Lipinski definition) is 1. The Kier molecular flexibility index (Phi) is 6.90. The Morgan fingerprint density at radius 2 is 1.81 bits per heavy atom. The van der Waals surface area contributed by atoms with Gasteiger partial charge in [0.15, 0.2) is 0 Å². The number of hydrazone groups is 1. The summed E-state index contributed by atoms with van der Waals surface area (Å²) in [5.41, 5.74) is 4.95. The summed E-state index contributed by atoms with van der Waals surface area (Å²) >= 11 is 3.13. The Morgan fingerprint density at radius 3 is 2.43 bits per heavy atom. The molecule has 1 aliphatic heterocycles. The van der Waals surface area contributed by atoms with Crippen LogP contribution in [-0.4, -0.2) is 48.9 Å². The zero-order chi connectivity index (χ0) is 14.9. The zero-order valence-corrected chi connectivity index (χ0v) is 14.4. The molecule has 1 fully saturated rings. The molecule has 1 N–H and O–H groups in total. The molecule has 1 aromatic rings. The van der Waals surface area contributed by atoms with E-state index in [1.807, 2.05) is 25.1 Å². The van der Waals surface area contributed by atoms with Gasteiger partial charge in [-0.05, 0) is 0 Å². The summed E-state index contributed by atoms with van der Waals surface area (Å²) in [5.74, 6) is 0. The Balaban J connectivity index is 1.90. The first-order valence-electron chi connectivity index (χ1n) is 7.78. The van der Waals surface area contributed by atoms with E-state index in [9.17, 15) is 0 Å². The summed E-state index contributed by atoms with van der Waals surface area (Å²) in [6.07, 6.45) is 9.73. The van der Waals surface area contributed by atoms with Crippen molar-refractivity contribution in [1.29, 1.82) is 0 Å². The average molecular weight is 351 g/mol. The molecule has 0 aromatic carbocycles. The Labute approximate surface area is 135 Å². The van der Waals surface area contributed by atoms with E-state index in [2.05, 4.69) is 36.0 Å². The summed E-state index contributed by atoms with van der Waals surface area (Å²) in [6.45, 7) is 4.18. The second-order valence-corrected chi connectivity index (χ2v) is 6.25. The minimum absolute atomic E-state index is 0.896. The van der Waals surface area contributed by atoms with Crippen LogP contribution >= 0.6 is 0 Å². The molecule has 0 saturated carbocycles. The van der Waals surface area contributed by atoms with Crippen LogP contribution in [-0.2, 0) is 0 Å². The third kappa shape index (κ3) is 5.60. The van der Waals surface area contributed by atoms with Crippen LogP contribution in [0.3, 0.4) is 0 Å². The van der Waals surface area contributed by atoms with E-state index in [4.69, 9.17) is 0 Å². The molecular formula is C16H24N4Se. The molecule has 1 saturated heterocycles. The molecule has 0 aliphatic carbocycles. The van der Waals surface area contributed by atoms with Gasteiger partial charge < -0.3 is 0 Å². The van der Waals surface area contributed by atoms with E-state index in [1.54, 1.807) is 6.20 Å². The minimum atomic E-state index is 0.896. The van der Waals surface area contributed by atoms with E-state index in [0.717, 1.165) is 29.2 Å². The normalized spacial score (nSPS) is 17.6. The van der Waals surface area contributed by atoms with Crippen LogP contribution in [0.15, 0.2) is 29.5 Å². The van der Waals surface area contributed by atoms with Gasteiger partial charge in [-0.1, -0.05) is 0 Å². The van der Waals surface area contributed by atoms with Crippen molar-refractivity contribution in [2.24, 2.45) is 5.10 Å². The molecule has 5 heteroatoms. The maximum atomic E-state index is 4.44. The molecule has 1 aliphatic rings. The van der Waals surface area contributed by atoms with Crippen molar-refractivity contribution in [3.63, 3.8) is 0 Å². The molecule has 0 unspecified atom stereocenters. The summed E-state index contributed by atoms with van der Waals surface area (Å²) < 4.78 is 1.02. The summed E-state index contributed by atoms with van der Waals surface area (Å²) in [4.78, 5) is 6.68. The number of rotatable bonds is 4. The second-order valence-electron chi connectivity index (χ2n) is 5.44. The zero-order valence-electron chi connectivity index (χ0n) is 12.7. The quantitative estimate of drug-likeness (QED) is 0.514. The fourth-order valence-corrected chi connectivity index (χ4v) is 2.94. The molecule has 114 valence electrons. The van der Waals surface area contributed by atoms with Crippen LogP contribution in [0.25, 0.3) is 0 Å². The molecule has 21 heavy (non-hydrogen) atoms. The molecule has 0 radical (unpaired) electrons. The predicted molar refractivity (Wildman–Crippen MR) is 89.6 cm³/mol. The molecule has 1 aromatic heterocycles. The number of pyridine rings is 1. The van der Waals surface area contributed by atoms with Gasteiger partial charge >= 0.3 is 135 Å². The van der Waals surface area contributed by atoms with E-state index in [1.165, 1.54) is 38.5 Å². The van der Waals surface area contributed by atoms with Crippen LogP contribution in [0.4, 0.5) is 0 Å². The van der Waals surface area contributed by atoms with Gasteiger partial charge in [-0.15, -0.1) is 0 Å². The molecule has 0 spiro atoms. The van der Waals surface area contributed by atoms with Gasteiger partial charge in [-0.25, -0.2) is 0 Å². The standard InChI is InChI=1S/C16H24N4Se/c1-14(15-10-6-7-11-17-15)18-19-16(21)20-12-8-4-2-3-5-9-13-20/h6-7,10-11H,2-5,8-9,12-13H2,1H3,(H,19,21). The predicted octanol–water partition coefficient (Wildman–Crippen LogP) is 2.31. The van der Waals surface area contributed by atoms with Crippen molar-refractivity contribution in [3.8, 4) is 0 Å². The second kappa shape index (κ2) is 8.96. The number of nitrogens with zero attached hydrogens (tertiary/aromatic N) is 3. The van der Waals surface area contributed by atoms with Gasteiger partial charge in [0.1, 0.15) is 0 Å². The Bertz CT molecular complexity index is 462. The fraction of sp³-hybridized carbons (Fsp3) is 0.562. The summed E-state index contributed by atoms with van der Waals surface area (Å²) in [7, 11) is 0. The fourth-order valence-electron chi connectivity index (χ4n) is 2.46. The Morgan fingerprint density at radius 1 is 1.14 bits per heavy atom. The van der Waals surface area contributed by atoms with Crippen molar-refractivity contribution < 1.29 is 0 Å². The molecule has 4 nitrogen and oxygen atoms in total. The first kappa shape index (κ1) is 16.2. The van der Waals surface area contributed by atoms with Crippen LogP contribution in [0.5, 0.6) is 0 Å².